The summed E-state index contributed by atoms with van der Waals surface area (Å²) in [5, 5.41) is 18.3. The molecule has 0 radical (unpaired) electrons. The van der Waals surface area contributed by atoms with E-state index >= 15 is 0 Å². The molecular formula is C30H40N4O5S. The maximum atomic E-state index is 13.9. The molecule has 1 heterocycles. The molecule has 1 atom stereocenters. The van der Waals surface area contributed by atoms with Crippen molar-refractivity contribution in [3.63, 3.8) is 0 Å². The number of nitrogens with zero attached hydrogens (tertiary/aromatic N) is 4. The third kappa shape index (κ3) is 6.62. The van der Waals surface area contributed by atoms with Crippen molar-refractivity contribution < 1.29 is 23.1 Å². The molecule has 0 amide bonds. The average Bonchev–Trinajstić information content (AvgIpc) is 3.42. The molecule has 1 saturated carbocycles. The second kappa shape index (κ2) is 12.6. The van der Waals surface area contributed by atoms with Crippen LogP contribution in [-0.4, -0.2) is 44.8 Å². The second-order valence-electron chi connectivity index (χ2n) is 11.1. The molecule has 0 aliphatic heterocycles. The number of aryl methyl sites for hydroxylation is 2. The number of carboxylic acid groups (broad SMARTS) is 1. The lowest BCUT2D eigenvalue weighted by atomic mass is 9.81. The van der Waals surface area contributed by atoms with Crippen molar-refractivity contribution in [2.75, 3.05) is 0 Å². The Morgan fingerprint density at radius 2 is 1.85 bits per heavy atom. The Morgan fingerprint density at radius 3 is 2.48 bits per heavy atom. The summed E-state index contributed by atoms with van der Waals surface area (Å²) in [6.07, 6.45) is 5.72. The minimum atomic E-state index is -3.75. The van der Waals surface area contributed by atoms with E-state index in [1.807, 2.05) is 38.1 Å². The minimum absolute atomic E-state index is 0.0919. The van der Waals surface area contributed by atoms with Crippen molar-refractivity contribution in [3.8, 4) is 0 Å². The van der Waals surface area contributed by atoms with Crippen LogP contribution in [0.4, 0.5) is 0 Å². The van der Waals surface area contributed by atoms with E-state index in [1.54, 1.807) is 53.3 Å². The third-order valence-corrected chi connectivity index (χ3v) is 9.76. The van der Waals surface area contributed by atoms with Gasteiger partial charge in [-0.25, -0.2) is 8.42 Å². The van der Waals surface area contributed by atoms with Crippen molar-refractivity contribution in [2.24, 2.45) is 5.41 Å². The lowest BCUT2D eigenvalue weighted by molar-refractivity contribution is -0.158. The zero-order valence-corrected chi connectivity index (χ0v) is 24.6. The van der Waals surface area contributed by atoms with Crippen LogP contribution in [0.1, 0.15) is 81.4 Å². The number of carboxylic acids is 1. The molecule has 1 aliphatic carbocycles. The number of carbonyl (C=O) groups is 1. The van der Waals surface area contributed by atoms with Gasteiger partial charge in [0, 0.05) is 19.1 Å². The maximum Gasteiger partial charge on any atom is 0.312 e. The molecule has 1 aromatic heterocycles. The van der Waals surface area contributed by atoms with Gasteiger partial charge in [-0.2, -0.15) is 4.31 Å². The van der Waals surface area contributed by atoms with Gasteiger partial charge in [-0.3, -0.25) is 9.48 Å². The van der Waals surface area contributed by atoms with Crippen LogP contribution in [0, 0.1) is 12.3 Å². The number of ether oxygens (including phenoxy) is 1. The van der Waals surface area contributed by atoms with Crippen molar-refractivity contribution in [1.29, 1.82) is 0 Å². The van der Waals surface area contributed by atoms with Crippen LogP contribution < -0.4 is 0 Å². The van der Waals surface area contributed by atoms with Crippen molar-refractivity contribution >= 4 is 16.0 Å². The summed E-state index contributed by atoms with van der Waals surface area (Å²) in [6, 6.07) is 14.2. The van der Waals surface area contributed by atoms with E-state index in [4.69, 9.17) is 4.74 Å². The monoisotopic (exact) mass is 568 g/mol. The standard InChI is InChI=1S/C30H40N4O5S/c1-5-33-20-25(31-32-33)21-39-28(30(3,4)29(35)36)23-17-16-22(2)24(18-23)19-34(26-12-8-6-9-13-26)40(37,38)27-14-10-7-11-15-27/h7,10-11,14-18,20,26,28H,5-6,8-9,12-13,19,21H2,1-4H3,(H,35,36). The molecular weight excluding hydrogens is 528 g/mol. The Labute approximate surface area is 237 Å². The van der Waals surface area contributed by atoms with Gasteiger partial charge >= 0.3 is 5.97 Å². The van der Waals surface area contributed by atoms with Gasteiger partial charge in [0.2, 0.25) is 10.0 Å². The first kappa shape index (κ1) is 29.9. The topological polar surface area (TPSA) is 115 Å². The molecule has 3 aromatic rings. The molecule has 1 fully saturated rings. The Hall–Kier alpha value is -3.08. The molecule has 9 nitrogen and oxygen atoms in total. The highest BCUT2D eigenvalue weighted by Crippen LogP contribution is 2.39. The first-order chi connectivity index (χ1) is 19.0. The van der Waals surface area contributed by atoms with Crippen LogP contribution >= 0.6 is 0 Å². The van der Waals surface area contributed by atoms with Gasteiger partial charge in [-0.05, 0) is 69.4 Å². The largest absolute Gasteiger partial charge is 0.481 e. The van der Waals surface area contributed by atoms with Crippen LogP contribution in [0.25, 0.3) is 0 Å². The van der Waals surface area contributed by atoms with Gasteiger partial charge in [0.1, 0.15) is 5.69 Å². The number of hydrogen-bond acceptors (Lipinski definition) is 6. The van der Waals surface area contributed by atoms with Crippen LogP contribution in [0.5, 0.6) is 0 Å². The van der Waals surface area contributed by atoms with E-state index in [9.17, 15) is 18.3 Å². The summed E-state index contributed by atoms with van der Waals surface area (Å²) < 4.78 is 37.4. The maximum absolute atomic E-state index is 13.9. The van der Waals surface area contributed by atoms with Crippen molar-refractivity contribution in [2.45, 2.75) is 96.5 Å². The number of sulfonamides is 1. The second-order valence-corrected chi connectivity index (χ2v) is 13.0. The zero-order chi connectivity index (χ0) is 28.9. The summed E-state index contributed by atoms with van der Waals surface area (Å²) in [5.41, 5.74) is 1.79. The van der Waals surface area contributed by atoms with Gasteiger partial charge in [-0.1, -0.05) is 60.9 Å². The Balaban J connectivity index is 1.69. The number of rotatable bonds is 12. The molecule has 0 saturated heterocycles. The molecule has 2 aromatic carbocycles. The van der Waals surface area contributed by atoms with Crippen LogP contribution in [0.15, 0.2) is 59.6 Å². The Bertz CT molecular complexity index is 1400. The average molecular weight is 569 g/mol. The molecule has 40 heavy (non-hydrogen) atoms. The molecule has 1 unspecified atom stereocenters. The quantitative estimate of drug-likeness (QED) is 0.307. The Morgan fingerprint density at radius 1 is 1.15 bits per heavy atom. The van der Waals surface area contributed by atoms with E-state index < -0.39 is 27.5 Å². The number of aliphatic carboxylic acids is 1. The molecule has 216 valence electrons. The highest BCUT2D eigenvalue weighted by molar-refractivity contribution is 7.89. The van der Waals surface area contributed by atoms with Gasteiger partial charge in [-0.15, -0.1) is 5.10 Å². The number of benzene rings is 2. The molecule has 0 spiro atoms. The van der Waals surface area contributed by atoms with Crippen LogP contribution in [0.3, 0.4) is 0 Å². The Kier molecular flexibility index (Phi) is 9.43. The highest BCUT2D eigenvalue weighted by Gasteiger charge is 2.40. The van der Waals surface area contributed by atoms with Crippen molar-refractivity contribution in [3.05, 3.63) is 77.1 Å². The zero-order valence-electron chi connectivity index (χ0n) is 23.8. The summed E-state index contributed by atoms with van der Waals surface area (Å²) in [6.45, 7) is 8.15. The summed E-state index contributed by atoms with van der Waals surface area (Å²) in [5.74, 6) is -0.993. The molecule has 1 aliphatic rings. The van der Waals surface area contributed by atoms with Gasteiger partial charge in [0.05, 0.1) is 29.2 Å². The molecule has 0 bridgehead atoms. The van der Waals surface area contributed by atoms with E-state index in [1.165, 1.54) is 0 Å². The smallest absolute Gasteiger partial charge is 0.312 e. The van der Waals surface area contributed by atoms with Gasteiger partial charge < -0.3 is 9.84 Å². The fourth-order valence-electron chi connectivity index (χ4n) is 5.26. The minimum Gasteiger partial charge on any atom is -0.481 e. The summed E-state index contributed by atoms with van der Waals surface area (Å²) >= 11 is 0. The van der Waals surface area contributed by atoms with E-state index in [2.05, 4.69) is 10.3 Å². The van der Waals surface area contributed by atoms with E-state index in [-0.39, 0.29) is 24.1 Å². The van der Waals surface area contributed by atoms with Gasteiger partial charge in [0.15, 0.2) is 0 Å². The SMILES string of the molecule is CCn1cc(COC(c2ccc(C)c(CN(C3CCCCC3)S(=O)(=O)c3ccccc3)c2)C(C)(C)C(=O)O)nn1. The van der Waals surface area contributed by atoms with Crippen LogP contribution in [-0.2, 0) is 39.3 Å². The lowest BCUT2D eigenvalue weighted by Crippen LogP contribution is -2.41. The highest BCUT2D eigenvalue weighted by atomic mass is 32.2. The van der Waals surface area contributed by atoms with Crippen LogP contribution in [0.2, 0.25) is 0 Å². The lowest BCUT2D eigenvalue weighted by Gasteiger charge is -2.34. The van der Waals surface area contributed by atoms with Crippen molar-refractivity contribution in [1.82, 2.24) is 19.3 Å². The first-order valence-corrected chi connectivity index (χ1v) is 15.4. The molecule has 4 rings (SSSR count). The normalized spacial score (nSPS) is 15.8. The molecule has 1 N–H and O–H groups in total. The predicted octanol–water partition coefficient (Wildman–Crippen LogP) is 5.50. The third-order valence-electron chi connectivity index (χ3n) is 7.85. The summed E-state index contributed by atoms with van der Waals surface area (Å²) in [7, 11) is -3.75. The first-order valence-electron chi connectivity index (χ1n) is 13.9. The number of aromatic nitrogens is 3. The number of hydrogen-bond donors (Lipinski definition) is 1. The molecule has 10 heteroatoms. The van der Waals surface area contributed by atoms with E-state index in [0.29, 0.717) is 17.8 Å². The predicted molar refractivity (Wildman–Crippen MR) is 152 cm³/mol. The summed E-state index contributed by atoms with van der Waals surface area (Å²) in [4.78, 5) is 12.6. The van der Waals surface area contributed by atoms with E-state index in [0.717, 1.165) is 43.2 Å². The fourth-order valence-corrected chi connectivity index (χ4v) is 6.95. The fraction of sp³-hybridized carbons (Fsp3) is 0.500. The van der Waals surface area contributed by atoms with Gasteiger partial charge in [0.25, 0.3) is 0 Å².